The van der Waals surface area contributed by atoms with Crippen LogP contribution in [0.1, 0.15) is 27.7 Å². The van der Waals surface area contributed by atoms with Gasteiger partial charge in [-0.3, -0.25) is 4.79 Å². The van der Waals surface area contributed by atoms with Crippen molar-refractivity contribution in [3.8, 4) is 0 Å². The Morgan fingerprint density at radius 2 is 1.92 bits per heavy atom. The molecule has 24 heavy (non-hydrogen) atoms. The van der Waals surface area contributed by atoms with Crippen LogP contribution < -0.4 is 15.8 Å². The molecule has 0 fully saturated rings. The number of nitrogens with two attached hydrogens (primary N) is 1. The zero-order valence-electron chi connectivity index (χ0n) is 13.3. The number of benzene rings is 1. The first kappa shape index (κ1) is 20.2. The van der Waals surface area contributed by atoms with E-state index in [-0.39, 0.29) is 41.4 Å². The van der Waals surface area contributed by atoms with Gasteiger partial charge in [-0.2, -0.15) is 0 Å². The van der Waals surface area contributed by atoms with E-state index in [2.05, 4.69) is 10.0 Å². The normalized spacial score (nSPS) is 12.3. The Morgan fingerprint density at radius 3 is 2.50 bits per heavy atom. The van der Waals surface area contributed by atoms with Gasteiger partial charge in [0.1, 0.15) is 5.76 Å². The highest BCUT2D eigenvalue weighted by Crippen LogP contribution is 2.19. The van der Waals surface area contributed by atoms with E-state index in [1.165, 1.54) is 20.0 Å². The highest BCUT2D eigenvalue weighted by molar-refractivity contribution is 7.89. The molecule has 0 aliphatic heterocycles. The van der Waals surface area contributed by atoms with Crippen molar-refractivity contribution in [3.63, 3.8) is 0 Å². The summed E-state index contributed by atoms with van der Waals surface area (Å²) >= 11 is 0. The molecular formula is C15H20ClN3O4S. The van der Waals surface area contributed by atoms with Crippen molar-refractivity contribution in [2.75, 3.05) is 13.6 Å². The van der Waals surface area contributed by atoms with Crippen LogP contribution in [0.2, 0.25) is 0 Å². The van der Waals surface area contributed by atoms with E-state index in [0.717, 1.165) is 5.56 Å². The lowest BCUT2D eigenvalue weighted by Gasteiger charge is -2.12. The maximum Gasteiger partial charge on any atom is 0.273 e. The van der Waals surface area contributed by atoms with Crippen LogP contribution in [0.5, 0.6) is 0 Å². The molecule has 2 rings (SSSR count). The Bertz CT molecular complexity index is 790. The maximum absolute atomic E-state index is 12.2. The third kappa shape index (κ3) is 4.57. The Labute approximate surface area is 147 Å². The van der Waals surface area contributed by atoms with Crippen molar-refractivity contribution in [3.05, 3.63) is 53.3 Å². The second-order valence-corrected chi connectivity index (χ2v) is 6.79. The number of sulfonamides is 1. The van der Waals surface area contributed by atoms with E-state index in [9.17, 15) is 13.2 Å². The predicted octanol–water partition coefficient (Wildman–Crippen LogP) is 1.35. The standard InChI is InChI=1S/C15H19N3O4S.ClH/c1-10-12(8-14(22-10)23(20,21)17-2)15(19)18-9-13(16)11-6-4-3-5-7-11;/h3-8,13,17H,9,16H2,1-2H3,(H,18,19);1H. The number of carbonyl (C=O) groups is 1. The molecule has 0 aliphatic carbocycles. The molecule has 2 aromatic rings. The number of furan rings is 1. The molecule has 132 valence electrons. The molecular weight excluding hydrogens is 354 g/mol. The van der Waals surface area contributed by atoms with Gasteiger partial charge >= 0.3 is 0 Å². The molecule has 1 aromatic heterocycles. The summed E-state index contributed by atoms with van der Waals surface area (Å²) in [5.41, 5.74) is 7.08. The largest absolute Gasteiger partial charge is 0.448 e. The fourth-order valence-electron chi connectivity index (χ4n) is 2.03. The predicted molar refractivity (Wildman–Crippen MR) is 92.6 cm³/mol. The zero-order valence-corrected chi connectivity index (χ0v) is 14.9. The number of hydrogen-bond donors (Lipinski definition) is 3. The van der Waals surface area contributed by atoms with Gasteiger partial charge in [0.05, 0.1) is 5.56 Å². The topological polar surface area (TPSA) is 114 Å². The summed E-state index contributed by atoms with van der Waals surface area (Å²) in [6.45, 7) is 1.75. The number of rotatable bonds is 6. The van der Waals surface area contributed by atoms with Crippen molar-refractivity contribution in [1.82, 2.24) is 10.0 Å². The molecule has 1 heterocycles. The maximum atomic E-state index is 12.2. The Hall–Kier alpha value is -1.87. The van der Waals surface area contributed by atoms with Crippen LogP contribution in [0.25, 0.3) is 0 Å². The van der Waals surface area contributed by atoms with Crippen molar-refractivity contribution >= 4 is 28.3 Å². The summed E-state index contributed by atoms with van der Waals surface area (Å²) in [6.07, 6.45) is 0. The molecule has 1 atom stereocenters. The van der Waals surface area contributed by atoms with E-state index in [1.807, 2.05) is 30.3 Å². The van der Waals surface area contributed by atoms with Crippen molar-refractivity contribution < 1.29 is 17.6 Å². The highest BCUT2D eigenvalue weighted by Gasteiger charge is 2.22. The summed E-state index contributed by atoms with van der Waals surface area (Å²) in [4.78, 5) is 12.2. The minimum absolute atomic E-state index is 0. The van der Waals surface area contributed by atoms with Crippen molar-refractivity contribution in [2.45, 2.75) is 18.1 Å². The smallest absolute Gasteiger partial charge is 0.273 e. The number of aryl methyl sites for hydroxylation is 1. The van der Waals surface area contributed by atoms with Gasteiger partial charge < -0.3 is 15.5 Å². The molecule has 0 aliphatic rings. The molecule has 4 N–H and O–H groups in total. The number of amides is 1. The molecule has 0 saturated heterocycles. The van der Waals surface area contributed by atoms with Crippen LogP contribution in [0.3, 0.4) is 0 Å². The average Bonchev–Trinajstić information content (AvgIpc) is 2.96. The second-order valence-electron chi connectivity index (χ2n) is 4.97. The minimum Gasteiger partial charge on any atom is -0.448 e. The summed E-state index contributed by atoms with van der Waals surface area (Å²) < 4.78 is 30.6. The van der Waals surface area contributed by atoms with Crippen LogP contribution in [-0.4, -0.2) is 27.9 Å². The van der Waals surface area contributed by atoms with Gasteiger partial charge in [0, 0.05) is 18.7 Å². The first-order valence-corrected chi connectivity index (χ1v) is 8.46. The molecule has 0 radical (unpaired) electrons. The Morgan fingerprint density at radius 1 is 1.29 bits per heavy atom. The Balaban J connectivity index is 0.00000288. The molecule has 7 nitrogen and oxygen atoms in total. The number of carbonyl (C=O) groups excluding carboxylic acids is 1. The van der Waals surface area contributed by atoms with E-state index in [0.29, 0.717) is 0 Å². The summed E-state index contributed by atoms with van der Waals surface area (Å²) in [5.74, 6) is -0.209. The van der Waals surface area contributed by atoms with Gasteiger partial charge in [-0.25, -0.2) is 13.1 Å². The second kappa shape index (κ2) is 8.29. The lowest BCUT2D eigenvalue weighted by molar-refractivity contribution is 0.0949. The van der Waals surface area contributed by atoms with Crippen LogP contribution >= 0.6 is 12.4 Å². The van der Waals surface area contributed by atoms with Gasteiger partial charge in [0.2, 0.25) is 5.09 Å². The van der Waals surface area contributed by atoms with Crippen LogP contribution in [0.4, 0.5) is 0 Å². The first-order valence-electron chi connectivity index (χ1n) is 6.98. The molecule has 0 spiro atoms. The summed E-state index contributed by atoms with van der Waals surface area (Å²) in [5, 5.41) is 2.39. The molecule has 1 unspecified atom stereocenters. The molecule has 1 aromatic carbocycles. The van der Waals surface area contributed by atoms with Gasteiger partial charge in [0.15, 0.2) is 0 Å². The van der Waals surface area contributed by atoms with Gasteiger partial charge in [-0.1, -0.05) is 30.3 Å². The van der Waals surface area contributed by atoms with Crippen molar-refractivity contribution in [2.24, 2.45) is 5.73 Å². The van der Waals surface area contributed by atoms with Gasteiger partial charge in [-0.15, -0.1) is 12.4 Å². The average molecular weight is 374 g/mol. The molecule has 0 saturated carbocycles. The zero-order chi connectivity index (χ0) is 17.0. The third-order valence-corrected chi connectivity index (χ3v) is 4.65. The fourth-order valence-corrected chi connectivity index (χ4v) is 2.74. The highest BCUT2D eigenvalue weighted by atomic mass is 35.5. The molecule has 1 amide bonds. The lowest BCUT2D eigenvalue weighted by Crippen LogP contribution is -2.32. The number of hydrogen-bond acceptors (Lipinski definition) is 5. The fraction of sp³-hybridized carbons (Fsp3) is 0.267. The van der Waals surface area contributed by atoms with E-state index in [1.54, 1.807) is 0 Å². The van der Waals surface area contributed by atoms with E-state index in [4.69, 9.17) is 10.2 Å². The SMILES string of the molecule is CNS(=O)(=O)c1cc(C(=O)NCC(N)c2ccccc2)c(C)o1.Cl. The van der Waals surface area contributed by atoms with Gasteiger partial charge in [0.25, 0.3) is 15.9 Å². The minimum atomic E-state index is -3.73. The lowest BCUT2D eigenvalue weighted by atomic mass is 10.1. The van der Waals surface area contributed by atoms with Crippen LogP contribution in [0.15, 0.2) is 45.9 Å². The first-order chi connectivity index (χ1) is 10.8. The quantitative estimate of drug-likeness (QED) is 0.707. The van der Waals surface area contributed by atoms with Crippen molar-refractivity contribution in [1.29, 1.82) is 0 Å². The molecule has 0 bridgehead atoms. The monoisotopic (exact) mass is 373 g/mol. The van der Waals surface area contributed by atoms with Crippen LogP contribution in [0, 0.1) is 6.92 Å². The molecule has 9 heteroatoms. The summed E-state index contributed by atoms with van der Waals surface area (Å²) in [7, 11) is -2.46. The van der Waals surface area contributed by atoms with Gasteiger partial charge in [-0.05, 0) is 19.5 Å². The third-order valence-electron chi connectivity index (χ3n) is 3.38. The van der Waals surface area contributed by atoms with E-state index >= 15 is 0 Å². The van der Waals surface area contributed by atoms with Crippen LogP contribution in [-0.2, 0) is 10.0 Å². The number of halogens is 1. The summed E-state index contributed by atoms with van der Waals surface area (Å²) in [6, 6.07) is 10.2. The van der Waals surface area contributed by atoms with E-state index < -0.39 is 15.9 Å². The Kier molecular flexibility index (Phi) is 6.97. The number of nitrogens with one attached hydrogen (secondary N) is 2.